The average molecular weight is 457 g/mol. The molecule has 0 aliphatic carbocycles. The second kappa shape index (κ2) is 10.1. The van der Waals surface area contributed by atoms with Crippen LogP contribution in [0.2, 0.25) is 5.02 Å². The van der Waals surface area contributed by atoms with Crippen LogP contribution in [-0.2, 0) is 9.68 Å². The molecule has 164 valence electrons. The molecule has 0 N–H and O–H groups in total. The molecule has 1 aliphatic heterocycles. The lowest BCUT2D eigenvalue weighted by Crippen LogP contribution is -2.21. The molecule has 0 radical (unpaired) electrons. The molecule has 0 atom stereocenters. The van der Waals surface area contributed by atoms with Gasteiger partial charge >= 0.3 is 0 Å². The summed E-state index contributed by atoms with van der Waals surface area (Å²) in [7, 11) is 1.43. The summed E-state index contributed by atoms with van der Waals surface area (Å²) in [5, 5.41) is 8.48. The summed E-state index contributed by atoms with van der Waals surface area (Å²) < 4.78 is 26.4. The highest BCUT2D eigenvalue weighted by Crippen LogP contribution is 2.33. The van der Waals surface area contributed by atoms with Crippen LogP contribution in [0.3, 0.4) is 0 Å². The number of aromatic nitrogens is 2. The summed E-state index contributed by atoms with van der Waals surface area (Å²) in [6, 6.07) is 13.6. The van der Waals surface area contributed by atoms with Crippen LogP contribution in [0.5, 0.6) is 23.3 Å². The Labute approximate surface area is 188 Å². The van der Waals surface area contributed by atoms with Gasteiger partial charge in [-0.2, -0.15) is 14.4 Å². The summed E-state index contributed by atoms with van der Waals surface area (Å²) in [6.07, 6.45) is 2.57. The Hall–Kier alpha value is -3.72. The van der Waals surface area contributed by atoms with Crippen molar-refractivity contribution in [1.29, 1.82) is 0 Å². The fourth-order valence-electron chi connectivity index (χ4n) is 2.95. The van der Waals surface area contributed by atoms with Crippen molar-refractivity contribution in [3.8, 4) is 23.3 Å². The van der Waals surface area contributed by atoms with Gasteiger partial charge in [0.25, 0.3) is 11.8 Å². The Morgan fingerprint density at radius 3 is 2.41 bits per heavy atom. The molecule has 0 saturated heterocycles. The highest BCUT2D eigenvalue weighted by Gasteiger charge is 2.23. The van der Waals surface area contributed by atoms with Gasteiger partial charge in [-0.1, -0.05) is 46.2 Å². The first-order valence-electron chi connectivity index (χ1n) is 9.68. The van der Waals surface area contributed by atoms with Crippen LogP contribution in [0.1, 0.15) is 18.4 Å². The number of hydrogen-bond acceptors (Lipinski definition) is 8. The number of nitrogens with zero attached hydrogens (tertiary/aromatic N) is 4. The molecule has 0 bridgehead atoms. The fourth-order valence-corrected chi connectivity index (χ4v) is 3.13. The minimum Gasteiger partial charge on any atom is -0.436 e. The van der Waals surface area contributed by atoms with E-state index in [1.165, 1.54) is 7.11 Å². The third kappa shape index (κ3) is 4.78. The van der Waals surface area contributed by atoms with Crippen molar-refractivity contribution < 1.29 is 23.5 Å². The van der Waals surface area contributed by atoms with E-state index in [-0.39, 0.29) is 23.3 Å². The van der Waals surface area contributed by atoms with Gasteiger partial charge in [0.2, 0.25) is 5.82 Å². The van der Waals surface area contributed by atoms with Gasteiger partial charge in [0, 0.05) is 5.56 Å². The Balaban J connectivity index is 1.66. The van der Waals surface area contributed by atoms with Crippen LogP contribution in [0.15, 0.2) is 65.2 Å². The van der Waals surface area contributed by atoms with Crippen molar-refractivity contribution >= 4 is 23.0 Å². The molecule has 0 amide bonds. The third-order valence-electron chi connectivity index (χ3n) is 4.40. The second-order valence-corrected chi connectivity index (χ2v) is 6.93. The minimum atomic E-state index is -0.884. The maximum atomic E-state index is 15.1. The maximum Gasteiger partial charge on any atom is 0.263 e. The Morgan fingerprint density at radius 1 is 1.03 bits per heavy atom. The topological polar surface area (TPSA) is 87.4 Å². The van der Waals surface area contributed by atoms with Crippen LogP contribution in [0, 0.1) is 5.82 Å². The first kappa shape index (κ1) is 21.5. The smallest absolute Gasteiger partial charge is 0.263 e. The molecular formula is C22H18ClFN4O4. The minimum absolute atomic E-state index is 0.253. The number of hydrogen-bond donors (Lipinski definition) is 0. The number of oxime groups is 2. The van der Waals surface area contributed by atoms with E-state index in [1.807, 2.05) is 0 Å². The van der Waals surface area contributed by atoms with Gasteiger partial charge in [-0.3, -0.25) is 0 Å². The number of halogens is 2. The highest BCUT2D eigenvalue weighted by molar-refractivity contribution is 6.48. The Morgan fingerprint density at radius 2 is 1.72 bits per heavy atom. The summed E-state index contributed by atoms with van der Waals surface area (Å²) in [4.78, 5) is 18.0. The third-order valence-corrected chi connectivity index (χ3v) is 4.71. The Kier molecular flexibility index (Phi) is 6.76. The maximum absolute atomic E-state index is 15.1. The molecular weight excluding hydrogens is 439 g/mol. The molecule has 0 unspecified atom stereocenters. The number of para-hydroxylation sites is 2. The summed E-state index contributed by atoms with van der Waals surface area (Å²) >= 11 is 6.09. The largest absolute Gasteiger partial charge is 0.436 e. The lowest BCUT2D eigenvalue weighted by Gasteiger charge is -2.16. The normalized spacial score (nSPS) is 13.7. The standard InChI is InChI=1S/C22H18ClFN4O4/c1-29-28-20(16-9-6-12-30-27-16)14-7-2-4-10-17(14)31-21-19(24)22(26-13-25-21)32-18-11-5-3-8-15(18)23/h2-5,7-8,10-11,13H,6,9,12H2,1H3/b28-20-. The molecule has 2 heterocycles. The Bertz CT molecular complexity index is 1170. The molecule has 0 fully saturated rings. The van der Waals surface area contributed by atoms with Gasteiger partial charge in [0.15, 0.2) is 0 Å². The molecule has 2 aromatic carbocycles. The van der Waals surface area contributed by atoms with E-state index >= 15 is 4.39 Å². The molecule has 3 aromatic rings. The molecule has 0 saturated carbocycles. The van der Waals surface area contributed by atoms with Crippen molar-refractivity contribution in [2.24, 2.45) is 10.3 Å². The number of rotatable bonds is 7. The van der Waals surface area contributed by atoms with Gasteiger partial charge in [-0.25, -0.2) is 0 Å². The average Bonchev–Trinajstić information content (AvgIpc) is 2.82. The van der Waals surface area contributed by atoms with Gasteiger partial charge in [0.05, 0.1) is 5.02 Å². The van der Waals surface area contributed by atoms with Crippen molar-refractivity contribution in [3.63, 3.8) is 0 Å². The van der Waals surface area contributed by atoms with E-state index in [4.69, 9.17) is 30.7 Å². The lowest BCUT2D eigenvalue weighted by molar-refractivity contribution is 0.132. The number of ether oxygens (including phenoxy) is 2. The lowest BCUT2D eigenvalue weighted by atomic mass is 10.0. The van der Waals surface area contributed by atoms with Crippen LogP contribution in [0.4, 0.5) is 4.39 Å². The first-order chi connectivity index (χ1) is 15.7. The molecule has 1 aromatic heterocycles. The van der Waals surface area contributed by atoms with Crippen LogP contribution in [0.25, 0.3) is 0 Å². The zero-order chi connectivity index (χ0) is 22.3. The first-order valence-corrected chi connectivity index (χ1v) is 10.1. The SMILES string of the molecule is CO/N=C(\C1=NOCCC1)c1ccccc1Oc1ncnc(Oc2ccccc2Cl)c1F. The summed E-state index contributed by atoms with van der Waals surface area (Å²) in [5.74, 6) is -0.990. The highest BCUT2D eigenvalue weighted by atomic mass is 35.5. The fraction of sp³-hybridized carbons (Fsp3) is 0.182. The van der Waals surface area contributed by atoms with Gasteiger partial charge in [0.1, 0.15) is 43.0 Å². The van der Waals surface area contributed by atoms with E-state index in [0.717, 1.165) is 12.7 Å². The van der Waals surface area contributed by atoms with E-state index < -0.39 is 5.82 Å². The second-order valence-electron chi connectivity index (χ2n) is 6.53. The zero-order valence-corrected chi connectivity index (χ0v) is 17.8. The molecule has 1 aliphatic rings. The molecule has 0 spiro atoms. The van der Waals surface area contributed by atoms with Crippen LogP contribution >= 0.6 is 11.6 Å². The monoisotopic (exact) mass is 456 g/mol. The molecule has 8 nitrogen and oxygen atoms in total. The van der Waals surface area contributed by atoms with E-state index in [2.05, 4.69) is 20.3 Å². The van der Waals surface area contributed by atoms with E-state index in [1.54, 1.807) is 48.5 Å². The van der Waals surface area contributed by atoms with Gasteiger partial charge in [-0.15, -0.1) is 0 Å². The summed E-state index contributed by atoms with van der Waals surface area (Å²) in [5.41, 5.74) is 1.55. The van der Waals surface area contributed by atoms with Crippen molar-refractivity contribution in [3.05, 3.63) is 71.3 Å². The van der Waals surface area contributed by atoms with Crippen molar-refractivity contribution in [1.82, 2.24) is 9.97 Å². The molecule has 10 heteroatoms. The molecule has 4 rings (SSSR count). The zero-order valence-electron chi connectivity index (χ0n) is 17.0. The molecule has 32 heavy (non-hydrogen) atoms. The summed E-state index contributed by atoms with van der Waals surface area (Å²) in [6.45, 7) is 0.530. The van der Waals surface area contributed by atoms with E-state index in [0.29, 0.717) is 35.0 Å². The van der Waals surface area contributed by atoms with Crippen molar-refractivity contribution in [2.45, 2.75) is 12.8 Å². The van der Waals surface area contributed by atoms with E-state index in [9.17, 15) is 0 Å². The van der Waals surface area contributed by atoms with Gasteiger partial charge < -0.3 is 19.1 Å². The van der Waals surface area contributed by atoms with Crippen molar-refractivity contribution in [2.75, 3.05) is 13.7 Å². The van der Waals surface area contributed by atoms with Crippen LogP contribution in [-0.4, -0.2) is 35.1 Å². The number of benzene rings is 2. The van der Waals surface area contributed by atoms with Gasteiger partial charge in [-0.05, 0) is 37.1 Å². The predicted molar refractivity (Wildman–Crippen MR) is 116 cm³/mol. The quantitative estimate of drug-likeness (QED) is 0.351. The van der Waals surface area contributed by atoms with Crippen LogP contribution < -0.4 is 9.47 Å². The predicted octanol–water partition coefficient (Wildman–Crippen LogP) is 5.37.